The summed E-state index contributed by atoms with van der Waals surface area (Å²) >= 11 is 5.92. The summed E-state index contributed by atoms with van der Waals surface area (Å²) in [7, 11) is 1.63. The van der Waals surface area contributed by atoms with Gasteiger partial charge in [0.2, 0.25) is 5.91 Å². The largest absolute Gasteiger partial charge is 0.380 e. The average Bonchev–Trinajstić information content (AvgIpc) is 2.98. The number of ether oxygens (including phenoxy) is 1. The highest BCUT2D eigenvalue weighted by Gasteiger charge is 2.10. The Labute approximate surface area is 148 Å². The van der Waals surface area contributed by atoms with E-state index in [1.54, 1.807) is 19.2 Å². The Hall–Kier alpha value is -2.64. The molecule has 0 aliphatic heterocycles. The van der Waals surface area contributed by atoms with Gasteiger partial charge >= 0.3 is 0 Å². The third-order valence-electron chi connectivity index (χ3n) is 3.70. The molecule has 3 rings (SSSR count). The lowest BCUT2D eigenvalue weighted by molar-refractivity contribution is -0.121. The number of carbonyl (C=O) groups excluding carboxylic acids is 1. The molecule has 1 N–H and O–H groups in total. The van der Waals surface area contributed by atoms with E-state index in [4.69, 9.17) is 16.3 Å². The predicted octanol–water partition coefficient (Wildman–Crippen LogP) is 1.61. The molecule has 1 amide bonds. The van der Waals surface area contributed by atoms with E-state index in [9.17, 15) is 9.59 Å². The number of hydrogen-bond acceptors (Lipinski definition) is 4. The van der Waals surface area contributed by atoms with Crippen molar-refractivity contribution in [1.29, 1.82) is 0 Å². The van der Waals surface area contributed by atoms with E-state index in [-0.39, 0.29) is 18.0 Å². The molecule has 3 aromatic rings. The van der Waals surface area contributed by atoms with Crippen LogP contribution in [0, 0.1) is 0 Å². The van der Waals surface area contributed by atoms with Gasteiger partial charge in [-0.1, -0.05) is 35.9 Å². The number of nitrogens with zero attached hydrogens (tertiary/aromatic N) is 3. The number of rotatable bonds is 6. The Bertz CT molecular complexity index is 964. The molecule has 0 unspecified atom stereocenters. The summed E-state index contributed by atoms with van der Waals surface area (Å²) in [5.74, 6) is -0.275. The Balaban J connectivity index is 1.66. The minimum Gasteiger partial charge on any atom is -0.380 e. The monoisotopic (exact) mass is 360 g/mol. The van der Waals surface area contributed by atoms with Gasteiger partial charge in [0, 0.05) is 13.7 Å². The van der Waals surface area contributed by atoms with Gasteiger partial charge in [-0.3, -0.25) is 14.2 Å². The van der Waals surface area contributed by atoms with E-state index in [0.29, 0.717) is 23.8 Å². The number of halogens is 1. The zero-order valence-corrected chi connectivity index (χ0v) is 14.4. The summed E-state index contributed by atoms with van der Waals surface area (Å²) in [4.78, 5) is 24.5. The highest BCUT2D eigenvalue weighted by Crippen LogP contribution is 2.09. The summed E-state index contributed by atoms with van der Waals surface area (Å²) in [6.07, 6.45) is 1.31. The molecule has 7 nitrogen and oxygen atoms in total. The number of nitrogens with one attached hydrogen (secondary N) is 1. The first kappa shape index (κ1) is 17.2. The molecule has 0 bridgehead atoms. The van der Waals surface area contributed by atoms with Gasteiger partial charge in [0.1, 0.15) is 23.5 Å². The number of hydrogen-bond donors (Lipinski definition) is 1. The van der Waals surface area contributed by atoms with Crippen molar-refractivity contribution in [2.45, 2.75) is 19.7 Å². The molecule has 0 fully saturated rings. The summed E-state index contributed by atoms with van der Waals surface area (Å²) in [6.45, 7) is 0.781. The molecule has 2 aromatic heterocycles. The van der Waals surface area contributed by atoms with Crippen LogP contribution >= 0.6 is 11.6 Å². The van der Waals surface area contributed by atoms with Gasteiger partial charge in [0.15, 0.2) is 0 Å². The van der Waals surface area contributed by atoms with Gasteiger partial charge in [-0.15, -0.1) is 0 Å². The van der Waals surface area contributed by atoms with E-state index < -0.39 is 0 Å². The van der Waals surface area contributed by atoms with Crippen LogP contribution in [-0.4, -0.2) is 27.2 Å². The number of benzene rings is 1. The van der Waals surface area contributed by atoms with E-state index in [2.05, 4.69) is 10.4 Å². The molecule has 0 aliphatic carbocycles. The second kappa shape index (κ2) is 7.50. The molecule has 0 atom stereocenters. The molecule has 25 heavy (non-hydrogen) atoms. The van der Waals surface area contributed by atoms with E-state index >= 15 is 0 Å². The van der Waals surface area contributed by atoms with Crippen LogP contribution < -0.4 is 10.9 Å². The van der Waals surface area contributed by atoms with Crippen molar-refractivity contribution in [2.24, 2.45) is 0 Å². The van der Waals surface area contributed by atoms with Gasteiger partial charge in [0.05, 0.1) is 6.61 Å². The number of aromatic nitrogens is 3. The molecule has 0 radical (unpaired) electrons. The van der Waals surface area contributed by atoms with Crippen LogP contribution in [0.1, 0.15) is 11.1 Å². The number of amides is 1. The van der Waals surface area contributed by atoms with Crippen molar-refractivity contribution < 1.29 is 9.53 Å². The second-order valence-corrected chi connectivity index (χ2v) is 5.93. The van der Waals surface area contributed by atoms with Crippen molar-refractivity contribution >= 4 is 23.0 Å². The first-order valence-electron chi connectivity index (χ1n) is 7.64. The van der Waals surface area contributed by atoms with Crippen LogP contribution in [-0.2, 0) is 29.2 Å². The van der Waals surface area contributed by atoms with Crippen molar-refractivity contribution in [3.63, 3.8) is 0 Å². The molecule has 8 heteroatoms. The summed E-state index contributed by atoms with van der Waals surface area (Å²) in [6, 6.07) is 10.9. The highest BCUT2D eigenvalue weighted by molar-refractivity contribution is 6.29. The van der Waals surface area contributed by atoms with Crippen molar-refractivity contribution in [2.75, 3.05) is 7.11 Å². The van der Waals surface area contributed by atoms with Crippen molar-refractivity contribution in [3.8, 4) is 0 Å². The molecular formula is C17H17ClN4O3. The first-order chi connectivity index (χ1) is 12.1. The minimum atomic E-state index is -0.320. The van der Waals surface area contributed by atoms with E-state index in [1.165, 1.54) is 15.4 Å². The van der Waals surface area contributed by atoms with Crippen LogP contribution in [0.5, 0.6) is 0 Å². The molecule has 0 saturated carbocycles. The maximum absolute atomic E-state index is 12.3. The molecule has 0 saturated heterocycles. The van der Waals surface area contributed by atoms with Crippen molar-refractivity contribution in [3.05, 3.63) is 69.4 Å². The normalized spacial score (nSPS) is 11.0. The average molecular weight is 361 g/mol. The van der Waals surface area contributed by atoms with Gasteiger partial charge in [0.25, 0.3) is 5.56 Å². The van der Waals surface area contributed by atoms with Crippen molar-refractivity contribution in [1.82, 2.24) is 19.5 Å². The van der Waals surface area contributed by atoms with E-state index in [1.807, 2.05) is 24.3 Å². The summed E-state index contributed by atoms with van der Waals surface area (Å²) in [5, 5.41) is 7.20. The first-order valence-corrected chi connectivity index (χ1v) is 8.02. The number of fused-ring (bicyclic) bond motifs is 1. The fourth-order valence-electron chi connectivity index (χ4n) is 2.52. The Morgan fingerprint density at radius 3 is 2.88 bits per heavy atom. The van der Waals surface area contributed by atoms with Crippen LogP contribution in [0.2, 0.25) is 5.15 Å². The van der Waals surface area contributed by atoms with E-state index in [0.717, 1.165) is 11.1 Å². The lowest BCUT2D eigenvalue weighted by Gasteiger charge is -2.09. The Morgan fingerprint density at radius 1 is 1.28 bits per heavy atom. The molecule has 2 heterocycles. The van der Waals surface area contributed by atoms with Crippen LogP contribution in [0.4, 0.5) is 0 Å². The minimum absolute atomic E-state index is 0.108. The Kier molecular flexibility index (Phi) is 5.16. The fraction of sp³-hybridized carbons (Fsp3) is 0.235. The maximum atomic E-state index is 12.3. The molecule has 1 aromatic carbocycles. The van der Waals surface area contributed by atoms with Crippen LogP contribution in [0.15, 0.2) is 47.5 Å². The second-order valence-electron chi connectivity index (χ2n) is 5.55. The molecule has 130 valence electrons. The zero-order valence-electron chi connectivity index (χ0n) is 13.6. The summed E-state index contributed by atoms with van der Waals surface area (Å²) < 4.78 is 7.68. The number of carbonyl (C=O) groups is 1. The van der Waals surface area contributed by atoms with Gasteiger partial charge < -0.3 is 10.1 Å². The smallest absolute Gasteiger partial charge is 0.278 e. The van der Waals surface area contributed by atoms with Gasteiger partial charge in [-0.05, 0) is 23.3 Å². The topological polar surface area (TPSA) is 77.6 Å². The zero-order chi connectivity index (χ0) is 17.8. The lowest BCUT2D eigenvalue weighted by atomic mass is 10.1. The summed E-state index contributed by atoms with van der Waals surface area (Å²) in [5.41, 5.74) is 2.00. The number of methoxy groups -OCH3 is 1. The molecular weight excluding hydrogens is 344 g/mol. The molecule has 0 aliphatic rings. The standard InChI is InChI=1S/C17H17ClN4O3/c1-25-10-13-4-2-3-12(7-13)8-19-16(23)9-21-11-20-22-14(17(21)24)5-6-15(22)18/h2-7,11H,8-10H2,1H3,(H,19,23). The Morgan fingerprint density at radius 2 is 2.08 bits per heavy atom. The fourth-order valence-corrected chi connectivity index (χ4v) is 2.71. The lowest BCUT2D eigenvalue weighted by Crippen LogP contribution is -2.32. The maximum Gasteiger partial charge on any atom is 0.278 e. The van der Waals surface area contributed by atoms with Gasteiger partial charge in [-0.25, -0.2) is 4.52 Å². The molecule has 0 spiro atoms. The van der Waals surface area contributed by atoms with Gasteiger partial charge in [-0.2, -0.15) is 5.10 Å². The van der Waals surface area contributed by atoms with Crippen LogP contribution in [0.25, 0.3) is 5.52 Å². The quantitative estimate of drug-likeness (QED) is 0.724. The predicted molar refractivity (Wildman–Crippen MR) is 93.5 cm³/mol. The third kappa shape index (κ3) is 3.89. The SMILES string of the molecule is COCc1cccc(CNC(=O)Cn2cnn3c(Cl)ccc3c2=O)c1. The van der Waals surface area contributed by atoms with Crippen LogP contribution in [0.3, 0.4) is 0 Å². The highest BCUT2D eigenvalue weighted by atomic mass is 35.5. The third-order valence-corrected chi connectivity index (χ3v) is 3.99.